The van der Waals surface area contributed by atoms with Gasteiger partial charge < -0.3 is 14.4 Å². The first kappa shape index (κ1) is 14.8. The first-order valence-electron chi connectivity index (χ1n) is 7.92. The van der Waals surface area contributed by atoms with E-state index in [0.717, 1.165) is 35.8 Å². The largest absolute Gasteiger partial charge is 0.454 e. The number of likely N-dealkylation sites (tertiary alicyclic amines) is 1. The number of benzene rings is 1. The summed E-state index contributed by atoms with van der Waals surface area (Å²) in [4.78, 5) is 2.37. The SMILES string of the molecule is C=C(/C=C/C(C)=C/c1ccc2c(c1)OCO2)N1CCCCC1. The number of hydrogen-bond acceptors (Lipinski definition) is 3. The average Bonchev–Trinajstić information content (AvgIpc) is 3.01. The normalized spacial score (nSPS) is 18.0. The van der Waals surface area contributed by atoms with Gasteiger partial charge in [-0.15, -0.1) is 0 Å². The molecule has 3 rings (SSSR count). The maximum absolute atomic E-state index is 5.41. The Labute approximate surface area is 132 Å². The lowest BCUT2D eigenvalue weighted by Gasteiger charge is -2.28. The highest BCUT2D eigenvalue weighted by Crippen LogP contribution is 2.33. The molecule has 0 radical (unpaired) electrons. The summed E-state index contributed by atoms with van der Waals surface area (Å²) >= 11 is 0. The molecule has 0 aliphatic carbocycles. The minimum Gasteiger partial charge on any atom is -0.454 e. The van der Waals surface area contributed by atoms with Crippen LogP contribution < -0.4 is 9.47 Å². The molecule has 0 saturated carbocycles. The molecule has 0 spiro atoms. The van der Waals surface area contributed by atoms with Gasteiger partial charge in [0.25, 0.3) is 0 Å². The average molecular weight is 297 g/mol. The van der Waals surface area contributed by atoms with E-state index in [1.807, 2.05) is 18.2 Å². The van der Waals surface area contributed by atoms with Crippen LogP contribution in [0.5, 0.6) is 11.5 Å². The van der Waals surface area contributed by atoms with Gasteiger partial charge in [-0.2, -0.15) is 0 Å². The first-order valence-corrected chi connectivity index (χ1v) is 7.92. The fourth-order valence-corrected chi connectivity index (χ4v) is 2.83. The summed E-state index contributed by atoms with van der Waals surface area (Å²) in [5, 5.41) is 0. The van der Waals surface area contributed by atoms with Crippen molar-refractivity contribution in [3.8, 4) is 11.5 Å². The van der Waals surface area contributed by atoms with Crippen molar-refractivity contribution < 1.29 is 9.47 Å². The minimum absolute atomic E-state index is 0.317. The van der Waals surface area contributed by atoms with Crippen LogP contribution >= 0.6 is 0 Å². The molecule has 1 aromatic rings. The summed E-state index contributed by atoms with van der Waals surface area (Å²) in [6, 6.07) is 6.02. The third-order valence-corrected chi connectivity index (χ3v) is 4.09. The molecule has 1 aromatic carbocycles. The van der Waals surface area contributed by atoms with E-state index in [0.29, 0.717) is 6.79 Å². The maximum Gasteiger partial charge on any atom is 0.231 e. The van der Waals surface area contributed by atoms with E-state index in [1.54, 1.807) is 0 Å². The van der Waals surface area contributed by atoms with E-state index < -0.39 is 0 Å². The van der Waals surface area contributed by atoms with Crippen molar-refractivity contribution in [2.24, 2.45) is 0 Å². The highest BCUT2D eigenvalue weighted by molar-refractivity contribution is 5.60. The monoisotopic (exact) mass is 297 g/mol. The zero-order chi connectivity index (χ0) is 15.4. The van der Waals surface area contributed by atoms with Crippen LogP contribution in [-0.4, -0.2) is 24.8 Å². The Morgan fingerprint density at radius 2 is 1.86 bits per heavy atom. The molecular weight excluding hydrogens is 274 g/mol. The van der Waals surface area contributed by atoms with Gasteiger partial charge in [0.1, 0.15) is 0 Å². The number of fused-ring (bicyclic) bond motifs is 1. The third kappa shape index (κ3) is 3.53. The summed E-state index contributed by atoms with van der Waals surface area (Å²) in [5.41, 5.74) is 3.42. The van der Waals surface area contributed by atoms with E-state index in [-0.39, 0.29) is 0 Å². The molecule has 2 aliphatic rings. The number of hydrogen-bond donors (Lipinski definition) is 0. The lowest BCUT2D eigenvalue weighted by molar-refractivity contribution is 0.174. The molecule has 3 nitrogen and oxygen atoms in total. The second-order valence-electron chi connectivity index (χ2n) is 5.87. The molecule has 1 saturated heterocycles. The first-order chi connectivity index (χ1) is 10.7. The van der Waals surface area contributed by atoms with E-state index in [2.05, 4.69) is 36.6 Å². The molecule has 22 heavy (non-hydrogen) atoms. The van der Waals surface area contributed by atoms with Crippen molar-refractivity contribution >= 4 is 6.08 Å². The van der Waals surface area contributed by atoms with Gasteiger partial charge in [0.15, 0.2) is 11.5 Å². The molecule has 3 heteroatoms. The second-order valence-corrected chi connectivity index (χ2v) is 5.87. The molecule has 0 atom stereocenters. The maximum atomic E-state index is 5.41. The van der Waals surface area contributed by atoms with Crippen LogP contribution in [-0.2, 0) is 0 Å². The van der Waals surface area contributed by atoms with Gasteiger partial charge >= 0.3 is 0 Å². The molecule has 1 fully saturated rings. The van der Waals surface area contributed by atoms with Crippen molar-refractivity contribution in [1.29, 1.82) is 0 Å². The van der Waals surface area contributed by atoms with E-state index in [4.69, 9.17) is 9.47 Å². The highest BCUT2D eigenvalue weighted by atomic mass is 16.7. The summed E-state index contributed by atoms with van der Waals surface area (Å²) in [5.74, 6) is 1.65. The van der Waals surface area contributed by atoms with Gasteiger partial charge in [-0.25, -0.2) is 0 Å². The lowest BCUT2D eigenvalue weighted by atomic mass is 10.1. The van der Waals surface area contributed by atoms with Crippen molar-refractivity contribution in [3.05, 3.63) is 53.8 Å². The summed E-state index contributed by atoms with van der Waals surface area (Å²) < 4.78 is 10.7. The van der Waals surface area contributed by atoms with Crippen LogP contribution in [0.3, 0.4) is 0 Å². The molecule has 116 valence electrons. The second kappa shape index (κ2) is 6.73. The number of nitrogens with zero attached hydrogens (tertiary/aromatic N) is 1. The predicted octanol–water partition coefficient (Wildman–Crippen LogP) is 4.37. The van der Waals surface area contributed by atoms with Crippen LogP contribution in [0.4, 0.5) is 0 Å². The number of piperidine rings is 1. The summed E-state index contributed by atoms with van der Waals surface area (Å²) in [6.07, 6.45) is 10.3. The standard InChI is InChI=1S/C19H23NO2/c1-15(6-7-16(2)20-10-4-3-5-11-20)12-17-8-9-18-19(13-17)22-14-21-18/h6-9,12-13H,2-5,10-11,14H2,1H3/b7-6+,15-12+. The molecule has 0 N–H and O–H groups in total. The molecular formula is C19H23NO2. The fourth-order valence-electron chi connectivity index (χ4n) is 2.83. The van der Waals surface area contributed by atoms with Crippen molar-refractivity contribution in [2.75, 3.05) is 19.9 Å². The van der Waals surface area contributed by atoms with Crippen LogP contribution in [0.25, 0.3) is 6.08 Å². The third-order valence-electron chi connectivity index (χ3n) is 4.09. The van der Waals surface area contributed by atoms with Crippen LogP contribution in [0.1, 0.15) is 31.7 Å². The van der Waals surface area contributed by atoms with Crippen LogP contribution in [0.15, 0.2) is 48.2 Å². The molecule has 0 bridgehead atoms. The van der Waals surface area contributed by atoms with E-state index >= 15 is 0 Å². The summed E-state index contributed by atoms with van der Waals surface area (Å²) in [7, 11) is 0. The molecule has 0 aromatic heterocycles. The quantitative estimate of drug-likeness (QED) is 0.770. The zero-order valence-electron chi connectivity index (χ0n) is 13.2. The molecule has 0 amide bonds. The van der Waals surface area contributed by atoms with Gasteiger partial charge in [0.05, 0.1) is 0 Å². The number of rotatable bonds is 4. The Bertz CT molecular complexity index is 610. The van der Waals surface area contributed by atoms with Crippen molar-refractivity contribution in [2.45, 2.75) is 26.2 Å². The highest BCUT2D eigenvalue weighted by Gasteiger charge is 2.12. The van der Waals surface area contributed by atoms with Gasteiger partial charge in [-0.3, -0.25) is 0 Å². The molecule has 2 heterocycles. The van der Waals surface area contributed by atoms with E-state index in [9.17, 15) is 0 Å². The lowest BCUT2D eigenvalue weighted by Crippen LogP contribution is -2.27. The Morgan fingerprint density at radius 1 is 1.09 bits per heavy atom. The number of allylic oxidation sites excluding steroid dienone is 3. The van der Waals surface area contributed by atoms with Crippen molar-refractivity contribution in [1.82, 2.24) is 4.90 Å². The Morgan fingerprint density at radius 3 is 2.68 bits per heavy atom. The topological polar surface area (TPSA) is 21.7 Å². The van der Waals surface area contributed by atoms with Gasteiger partial charge in [-0.1, -0.05) is 30.4 Å². The van der Waals surface area contributed by atoms with Crippen molar-refractivity contribution in [3.63, 3.8) is 0 Å². The summed E-state index contributed by atoms with van der Waals surface area (Å²) in [6.45, 7) is 8.86. The Kier molecular flexibility index (Phi) is 4.52. The van der Waals surface area contributed by atoms with Crippen LogP contribution in [0.2, 0.25) is 0 Å². The molecule has 2 aliphatic heterocycles. The Balaban J connectivity index is 1.64. The smallest absolute Gasteiger partial charge is 0.231 e. The fraction of sp³-hybridized carbons (Fsp3) is 0.368. The van der Waals surface area contributed by atoms with E-state index in [1.165, 1.54) is 24.8 Å². The van der Waals surface area contributed by atoms with Gasteiger partial charge in [0.2, 0.25) is 6.79 Å². The van der Waals surface area contributed by atoms with Crippen LogP contribution in [0, 0.1) is 0 Å². The Hall–Kier alpha value is -2.16. The molecule has 0 unspecified atom stereocenters. The number of ether oxygens (including phenoxy) is 2. The zero-order valence-corrected chi connectivity index (χ0v) is 13.2. The van der Waals surface area contributed by atoms with Gasteiger partial charge in [0, 0.05) is 18.8 Å². The predicted molar refractivity (Wildman–Crippen MR) is 89.9 cm³/mol. The minimum atomic E-state index is 0.317. The van der Waals surface area contributed by atoms with Gasteiger partial charge in [-0.05, 0) is 50.0 Å².